The van der Waals surface area contributed by atoms with E-state index in [0.717, 1.165) is 25.9 Å². The largest absolute Gasteiger partial charge is 0.377 e. The summed E-state index contributed by atoms with van der Waals surface area (Å²) in [6.45, 7) is 2.91. The summed E-state index contributed by atoms with van der Waals surface area (Å²) in [5.74, 6) is 0.152. The number of hydrogen-bond donors (Lipinski definition) is 0. The van der Waals surface area contributed by atoms with Crippen LogP contribution in [0, 0.1) is 17.2 Å². The monoisotopic (exact) mass is 139 g/mol. The maximum atomic E-state index is 8.66. The van der Waals surface area contributed by atoms with Crippen molar-refractivity contribution in [1.29, 1.82) is 5.26 Å². The third kappa shape index (κ3) is 1.48. The van der Waals surface area contributed by atoms with E-state index >= 15 is 0 Å². The molecule has 0 aromatic rings. The highest BCUT2D eigenvalue weighted by molar-refractivity contribution is 4.90. The molecule has 0 aromatic heterocycles. The lowest BCUT2D eigenvalue weighted by atomic mass is 9.94. The van der Waals surface area contributed by atoms with Crippen LogP contribution in [0.5, 0.6) is 0 Å². The summed E-state index contributed by atoms with van der Waals surface area (Å²) in [5, 5.41) is 8.66. The second-order valence-corrected chi connectivity index (χ2v) is 2.70. The van der Waals surface area contributed by atoms with Gasteiger partial charge in [0.25, 0.3) is 0 Å². The van der Waals surface area contributed by atoms with Crippen molar-refractivity contribution in [1.82, 2.24) is 0 Å². The summed E-state index contributed by atoms with van der Waals surface area (Å²) in [6, 6.07) is 2.28. The Labute approximate surface area is 61.8 Å². The van der Waals surface area contributed by atoms with Gasteiger partial charge < -0.3 is 4.74 Å². The van der Waals surface area contributed by atoms with Crippen LogP contribution in [0.3, 0.4) is 0 Å². The Morgan fingerprint density at radius 3 is 3.00 bits per heavy atom. The fourth-order valence-corrected chi connectivity index (χ4v) is 1.39. The van der Waals surface area contributed by atoms with Gasteiger partial charge >= 0.3 is 0 Å². The number of ether oxygens (including phenoxy) is 1. The first-order valence-corrected chi connectivity index (χ1v) is 3.89. The summed E-state index contributed by atoms with van der Waals surface area (Å²) >= 11 is 0. The molecule has 1 aliphatic heterocycles. The normalized spacial score (nSPS) is 33.2. The van der Waals surface area contributed by atoms with Crippen LogP contribution in [-0.4, -0.2) is 12.7 Å². The van der Waals surface area contributed by atoms with Gasteiger partial charge in [-0.25, -0.2) is 0 Å². The van der Waals surface area contributed by atoms with E-state index in [0.29, 0.717) is 0 Å². The van der Waals surface area contributed by atoms with Crippen LogP contribution in [0.1, 0.15) is 26.2 Å². The molecule has 1 fully saturated rings. The average molecular weight is 139 g/mol. The fraction of sp³-hybridized carbons (Fsp3) is 0.875. The Kier molecular flexibility index (Phi) is 2.70. The van der Waals surface area contributed by atoms with Crippen LogP contribution >= 0.6 is 0 Å². The molecule has 2 atom stereocenters. The van der Waals surface area contributed by atoms with Crippen molar-refractivity contribution in [3.05, 3.63) is 0 Å². The standard InChI is InChI=1S/C8H13NO/c1-2-8-7(6-9)4-3-5-10-8/h7-8H,2-5H2,1H3. The van der Waals surface area contributed by atoms with Gasteiger partial charge in [0, 0.05) is 6.61 Å². The van der Waals surface area contributed by atoms with E-state index in [2.05, 4.69) is 13.0 Å². The van der Waals surface area contributed by atoms with Gasteiger partial charge in [-0.15, -0.1) is 0 Å². The minimum absolute atomic E-state index is 0.152. The molecule has 0 aliphatic carbocycles. The van der Waals surface area contributed by atoms with Gasteiger partial charge in [0.2, 0.25) is 0 Å². The Balaban J connectivity index is 2.44. The first-order chi connectivity index (χ1) is 4.88. The van der Waals surface area contributed by atoms with Crippen LogP contribution in [0.2, 0.25) is 0 Å². The molecule has 1 aliphatic rings. The highest BCUT2D eigenvalue weighted by Gasteiger charge is 2.23. The second-order valence-electron chi connectivity index (χ2n) is 2.70. The van der Waals surface area contributed by atoms with Crippen LogP contribution in [0.25, 0.3) is 0 Å². The minimum Gasteiger partial charge on any atom is -0.377 e. The number of nitriles is 1. The van der Waals surface area contributed by atoms with E-state index in [4.69, 9.17) is 10.00 Å². The Hall–Kier alpha value is -0.550. The van der Waals surface area contributed by atoms with Gasteiger partial charge in [-0.1, -0.05) is 6.92 Å². The molecule has 1 heterocycles. The average Bonchev–Trinajstić information content (AvgIpc) is 2.04. The number of rotatable bonds is 1. The Bertz CT molecular complexity index is 139. The SMILES string of the molecule is CCC1OCCCC1C#N. The molecule has 0 amide bonds. The van der Waals surface area contributed by atoms with Gasteiger partial charge in [0.15, 0.2) is 0 Å². The molecule has 0 radical (unpaired) electrons. The first kappa shape index (κ1) is 7.56. The van der Waals surface area contributed by atoms with Crippen molar-refractivity contribution in [2.45, 2.75) is 32.3 Å². The van der Waals surface area contributed by atoms with Crippen molar-refractivity contribution in [3.63, 3.8) is 0 Å². The summed E-state index contributed by atoms with van der Waals surface area (Å²) < 4.78 is 5.41. The van der Waals surface area contributed by atoms with E-state index < -0.39 is 0 Å². The summed E-state index contributed by atoms with van der Waals surface area (Å²) in [4.78, 5) is 0. The fourth-order valence-electron chi connectivity index (χ4n) is 1.39. The third-order valence-corrected chi connectivity index (χ3v) is 2.01. The van der Waals surface area contributed by atoms with Crippen LogP contribution in [-0.2, 0) is 4.74 Å². The molecule has 2 unspecified atom stereocenters. The van der Waals surface area contributed by atoms with Crippen LogP contribution in [0.15, 0.2) is 0 Å². The lowest BCUT2D eigenvalue weighted by Gasteiger charge is -2.25. The van der Waals surface area contributed by atoms with Crippen molar-refractivity contribution in [3.8, 4) is 6.07 Å². The maximum absolute atomic E-state index is 8.66. The van der Waals surface area contributed by atoms with Crippen molar-refractivity contribution < 1.29 is 4.74 Å². The lowest BCUT2D eigenvalue weighted by Crippen LogP contribution is -2.27. The highest BCUT2D eigenvalue weighted by Crippen LogP contribution is 2.21. The zero-order valence-electron chi connectivity index (χ0n) is 6.34. The maximum Gasteiger partial charge on any atom is 0.0730 e. The van der Waals surface area contributed by atoms with Gasteiger partial charge in [-0.3, -0.25) is 0 Å². The smallest absolute Gasteiger partial charge is 0.0730 e. The van der Waals surface area contributed by atoms with E-state index in [1.165, 1.54) is 0 Å². The third-order valence-electron chi connectivity index (χ3n) is 2.01. The molecule has 0 aromatic carbocycles. The molecule has 1 rings (SSSR count). The predicted molar refractivity (Wildman–Crippen MR) is 38.4 cm³/mol. The quantitative estimate of drug-likeness (QED) is 0.554. The molecule has 2 nitrogen and oxygen atoms in total. The topological polar surface area (TPSA) is 33.0 Å². The first-order valence-electron chi connectivity index (χ1n) is 3.89. The molecule has 1 saturated heterocycles. The lowest BCUT2D eigenvalue weighted by molar-refractivity contribution is -0.0102. The van der Waals surface area contributed by atoms with Crippen molar-refractivity contribution >= 4 is 0 Å². The number of hydrogen-bond acceptors (Lipinski definition) is 2. The molecule has 10 heavy (non-hydrogen) atoms. The van der Waals surface area contributed by atoms with Gasteiger partial charge in [-0.05, 0) is 19.3 Å². The Morgan fingerprint density at radius 1 is 1.70 bits per heavy atom. The van der Waals surface area contributed by atoms with Crippen molar-refractivity contribution in [2.24, 2.45) is 5.92 Å². The zero-order chi connectivity index (χ0) is 7.40. The molecule has 0 saturated carbocycles. The molecular weight excluding hydrogens is 126 g/mol. The van der Waals surface area contributed by atoms with E-state index in [9.17, 15) is 0 Å². The van der Waals surface area contributed by atoms with Gasteiger partial charge in [-0.2, -0.15) is 5.26 Å². The second kappa shape index (κ2) is 3.58. The predicted octanol–water partition coefficient (Wildman–Crippen LogP) is 1.72. The minimum atomic E-state index is 0.152. The Morgan fingerprint density at radius 2 is 2.50 bits per heavy atom. The molecule has 0 N–H and O–H groups in total. The zero-order valence-corrected chi connectivity index (χ0v) is 6.34. The summed E-state index contributed by atoms with van der Waals surface area (Å²) in [5.41, 5.74) is 0. The van der Waals surface area contributed by atoms with Crippen molar-refractivity contribution in [2.75, 3.05) is 6.61 Å². The molecule has 56 valence electrons. The van der Waals surface area contributed by atoms with E-state index in [-0.39, 0.29) is 12.0 Å². The van der Waals surface area contributed by atoms with Crippen LogP contribution < -0.4 is 0 Å². The molecular formula is C8H13NO. The molecule has 0 bridgehead atoms. The number of nitrogens with zero attached hydrogens (tertiary/aromatic N) is 1. The highest BCUT2D eigenvalue weighted by atomic mass is 16.5. The summed E-state index contributed by atoms with van der Waals surface area (Å²) in [6.07, 6.45) is 3.25. The van der Waals surface area contributed by atoms with E-state index in [1.54, 1.807) is 0 Å². The van der Waals surface area contributed by atoms with Crippen LogP contribution in [0.4, 0.5) is 0 Å². The van der Waals surface area contributed by atoms with Gasteiger partial charge in [0.1, 0.15) is 0 Å². The molecule has 0 spiro atoms. The molecule has 2 heteroatoms. The van der Waals surface area contributed by atoms with Gasteiger partial charge in [0.05, 0.1) is 18.1 Å². The van der Waals surface area contributed by atoms with E-state index in [1.807, 2.05) is 0 Å². The summed E-state index contributed by atoms with van der Waals surface area (Å²) in [7, 11) is 0.